The first-order valence-corrected chi connectivity index (χ1v) is 27.5. The maximum absolute atomic E-state index is 12.8. The molecule has 6 heteroatoms. The first-order valence-electron chi connectivity index (χ1n) is 27.5. The molecule has 1 unspecified atom stereocenters. The molecule has 6 nitrogen and oxygen atoms in total. The van der Waals surface area contributed by atoms with Crippen LogP contribution in [-0.4, -0.2) is 37.2 Å². The molecule has 0 rings (SSSR count). The Morgan fingerprint density at radius 1 is 0.324 bits per heavy atom. The number of ether oxygens (including phenoxy) is 3. The molecule has 0 aromatic heterocycles. The zero-order valence-corrected chi connectivity index (χ0v) is 43.8. The number of unbranched alkanes of at least 4 members (excludes halogenated alkanes) is 18. The highest BCUT2D eigenvalue weighted by Gasteiger charge is 2.19. The van der Waals surface area contributed by atoms with Crippen LogP contribution in [0.1, 0.15) is 233 Å². The lowest BCUT2D eigenvalue weighted by Gasteiger charge is -2.18. The number of carbonyl (C=O) groups is 3. The van der Waals surface area contributed by atoms with E-state index in [0.29, 0.717) is 6.42 Å². The molecule has 0 heterocycles. The molecule has 0 aliphatic rings. The van der Waals surface area contributed by atoms with Crippen molar-refractivity contribution in [2.75, 3.05) is 13.2 Å². The third-order valence-corrected chi connectivity index (χ3v) is 11.2. The van der Waals surface area contributed by atoms with Crippen LogP contribution >= 0.6 is 0 Å². The summed E-state index contributed by atoms with van der Waals surface area (Å²) in [5.41, 5.74) is 0. The second-order valence-electron chi connectivity index (χ2n) is 17.7. The van der Waals surface area contributed by atoms with E-state index in [1.54, 1.807) is 6.08 Å². The molecule has 0 spiro atoms. The molecule has 0 N–H and O–H groups in total. The number of hydrogen-bond donors (Lipinski definition) is 0. The lowest BCUT2D eigenvalue weighted by atomic mass is 10.1. The second-order valence-corrected chi connectivity index (χ2v) is 17.7. The molecule has 0 fully saturated rings. The molecule has 68 heavy (non-hydrogen) atoms. The molecular formula is C62H100O6. The van der Waals surface area contributed by atoms with Crippen LogP contribution in [0, 0.1) is 0 Å². The monoisotopic (exact) mass is 941 g/mol. The smallest absolute Gasteiger partial charge is 0.309 e. The molecule has 0 amide bonds. The summed E-state index contributed by atoms with van der Waals surface area (Å²) < 4.78 is 16.7. The van der Waals surface area contributed by atoms with Gasteiger partial charge in [-0.25, -0.2) is 0 Å². The molecule has 0 saturated carbocycles. The minimum absolute atomic E-state index is 0.116. The van der Waals surface area contributed by atoms with Gasteiger partial charge in [0.1, 0.15) is 13.2 Å². The van der Waals surface area contributed by atoms with Crippen molar-refractivity contribution in [3.05, 3.63) is 122 Å². The molecule has 0 aromatic rings. The minimum Gasteiger partial charge on any atom is -0.462 e. The van der Waals surface area contributed by atoms with E-state index in [9.17, 15) is 14.4 Å². The Morgan fingerprint density at radius 3 is 1.04 bits per heavy atom. The van der Waals surface area contributed by atoms with Crippen molar-refractivity contribution in [1.82, 2.24) is 0 Å². The lowest BCUT2D eigenvalue weighted by molar-refractivity contribution is -0.166. The third-order valence-electron chi connectivity index (χ3n) is 11.2. The standard InChI is InChI=1S/C62H100O6/c1-4-7-10-13-16-19-22-25-28-30-32-34-37-40-43-46-49-52-55-61(64)67-58-59(57-66-60(63)54-51-48-45-42-39-36-33-27-24-21-18-15-12-9-6-3)68-62(65)56-53-50-47-44-41-38-35-31-29-26-23-20-17-14-11-8-5-2/h8-9,11-12,17-18,20-21,26-30,33,35,38-39,42,48,51,59H,4-7,10,13-16,19,22-25,31-32,34,36-37,40-41,43-47,49-50,52-58H2,1-3H3/b11-8-,12-9-,20-17-,21-18-,29-26-,30-28-,33-27-,38-35-,42-39-,51-48-. The maximum atomic E-state index is 12.8. The Hall–Kier alpha value is -4.19. The summed E-state index contributed by atoms with van der Waals surface area (Å²) in [6.45, 7) is 6.29. The average Bonchev–Trinajstić information content (AvgIpc) is 3.34. The minimum atomic E-state index is -0.836. The molecular weight excluding hydrogens is 841 g/mol. The van der Waals surface area contributed by atoms with E-state index in [4.69, 9.17) is 14.2 Å². The lowest BCUT2D eigenvalue weighted by Crippen LogP contribution is -2.30. The average molecular weight is 941 g/mol. The van der Waals surface area contributed by atoms with E-state index in [1.807, 2.05) is 6.08 Å². The zero-order chi connectivity index (χ0) is 49.3. The van der Waals surface area contributed by atoms with Gasteiger partial charge in [0.05, 0.1) is 6.42 Å². The maximum Gasteiger partial charge on any atom is 0.309 e. The summed E-state index contributed by atoms with van der Waals surface area (Å²) in [6, 6.07) is 0. The normalized spacial score (nSPS) is 13.0. The molecule has 0 bridgehead atoms. The van der Waals surface area contributed by atoms with E-state index >= 15 is 0 Å². The summed E-state index contributed by atoms with van der Waals surface area (Å²) in [6.07, 6.45) is 76.4. The fourth-order valence-electron chi connectivity index (χ4n) is 7.15. The highest BCUT2D eigenvalue weighted by molar-refractivity contribution is 5.72. The largest absolute Gasteiger partial charge is 0.462 e. The van der Waals surface area contributed by atoms with Crippen molar-refractivity contribution < 1.29 is 28.6 Å². The van der Waals surface area contributed by atoms with Crippen molar-refractivity contribution in [3.63, 3.8) is 0 Å². The van der Waals surface area contributed by atoms with Crippen molar-refractivity contribution in [2.24, 2.45) is 0 Å². The Labute approximate surface area is 418 Å². The molecule has 0 radical (unpaired) electrons. The van der Waals surface area contributed by atoms with Gasteiger partial charge in [0.25, 0.3) is 0 Å². The van der Waals surface area contributed by atoms with Crippen LogP contribution in [0.3, 0.4) is 0 Å². The van der Waals surface area contributed by atoms with Gasteiger partial charge in [-0.2, -0.15) is 0 Å². The van der Waals surface area contributed by atoms with Gasteiger partial charge in [-0.05, 0) is 109 Å². The van der Waals surface area contributed by atoms with Crippen molar-refractivity contribution in [1.29, 1.82) is 0 Å². The Bertz CT molecular complexity index is 1450. The first kappa shape index (κ1) is 63.8. The molecule has 0 saturated heterocycles. The van der Waals surface area contributed by atoms with E-state index in [0.717, 1.165) is 109 Å². The third kappa shape index (κ3) is 52.8. The van der Waals surface area contributed by atoms with E-state index in [2.05, 4.69) is 130 Å². The van der Waals surface area contributed by atoms with Crippen LogP contribution in [-0.2, 0) is 28.6 Å². The Morgan fingerprint density at radius 2 is 0.632 bits per heavy atom. The van der Waals surface area contributed by atoms with Gasteiger partial charge < -0.3 is 14.2 Å². The molecule has 0 aliphatic carbocycles. The van der Waals surface area contributed by atoms with Crippen molar-refractivity contribution in [3.8, 4) is 0 Å². The molecule has 384 valence electrons. The first-order chi connectivity index (χ1) is 33.5. The topological polar surface area (TPSA) is 78.9 Å². The van der Waals surface area contributed by atoms with Crippen molar-refractivity contribution >= 4 is 17.9 Å². The fraction of sp³-hybridized carbons (Fsp3) is 0.629. The van der Waals surface area contributed by atoms with Gasteiger partial charge in [0.2, 0.25) is 0 Å². The SMILES string of the molecule is CC/C=C\C/C=C\C/C=C\C/C=C\C/C=C\CC(=O)OCC(COC(=O)CCCCCCCCC/C=C\CCCCCCCCC)OC(=O)CCCCCC/C=C\C/C=C\C/C=C\C/C=C\CC. The summed E-state index contributed by atoms with van der Waals surface area (Å²) >= 11 is 0. The molecule has 1 atom stereocenters. The number of allylic oxidation sites excluding steroid dienone is 19. The highest BCUT2D eigenvalue weighted by Crippen LogP contribution is 2.13. The number of carbonyl (C=O) groups excluding carboxylic acids is 3. The summed E-state index contributed by atoms with van der Waals surface area (Å²) in [7, 11) is 0. The van der Waals surface area contributed by atoms with Crippen LogP contribution in [0.2, 0.25) is 0 Å². The number of esters is 3. The quantitative estimate of drug-likeness (QED) is 0.0262. The van der Waals surface area contributed by atoms with Gasteiger partial charge in [0.15, 0.2) is 6.10 Å². The van der Waals surface area contributed by atoms with E-state index in [1.165, 1.54) is 83.5 Å². The summed E-state index contributed by atoms with van der Waals surface area (Å²) in [5.74, 6) is -1.09. The van der Waals surface area contributed by atoms with Gasteiger partial charge in [0, 0.05) is 12.8 Å². The highest BCUT2D eigenvalue weighted by atomic mass is 16.6. The fourth-order valence-corrected chi connectivity index (χ4v) is 7.15. The molecule has 0 aliphatic heterocycles. The predicted molar refractivity (Wildman–Crippen MR) is 293 cm³/mol. The number of rotatable bonds is 48. The van der Waals surface area contributed by atoms with Crippen molar-refractivity contribution in [2.45, 2.75) is 239 Å². The predicted octanol–water partition coefficient (Wildman–Crippen LogP) is 18.5. The van der Waals surface area contributed by atoms with E-state index < -0.39 is 12.1 Å². The van der Waals surface area contributed by atoms with Crippen LogP contribution in [0.4, 0.5) is 0 Å². The summed E-state index contributed by atoms with van der Waals surface area (Å²) in [5, 5.41) is 0. The number of hydrogen-bond acceptors (Lipinski definition) is 6. The summed E-state index contributed by atoms with van der Waals surface area (Å²) in [4.78, 5) is 38.0. The Kier molecular flexibility index (Phi) is 52.0. The Balaban J connectivity index is 4.55. The van der Waals surface area contributed by atoms with Gasteiger partial charge in [-0.15, -0.1) is 0 Å². The van der Waals surface area contributed by atoms with Gasteiger partial charge >= 0.3 is 17.9 Å². The van der Waals surface area contributed by atoms with Crippen LogP contribution in [0.15, 0.2) is 122 Å². The molecule has 0 aromatic carbocycles. The van der Waals surface area contributed by atoms with Crippen LogP contribution < -0.4 is 0 Å². The van der Waals surface area contributed by atoms with Gasteiger partial charge in [-0.1, -0.05) is 226 Å². The van der Waals surface area contributed by atoms with Gasteiger partial charge in [-0.3, -0.25) is 14.4 Å². The second kappa shape index (κ2) is 55.4. The zero-order valence-electron chi connectivity index (χ0n) is 43.8. The van der Waals surface area contributed by atoms with E-state index in [-0.39, 0.29) is 38.0 Å². The van der Waals surface area contributed by atoms with Crippen LogP contribution in [0.5, 0.6) is 0 Å². The van der Waals surface area contributed by atoms with Crippen LogP contribution in [0.25, 0.3) is 0 Å².